The Balaban J connectivity index is 2.58. The van der Waals surface area contributed by atoms with E-state index in [2.05, 4.69) is 0 Å². The van der Waals surface area contributed by atoms with Gasteiger partial charge in [-0.1, -0.05) is 17.7 Å². The molecular formula is C15H13ClO3. The molecular weight excluding hydrogens is 264 g/mol. The number of benzene rings is 2. The first-order valence-electron chi connectivity index (χ1n) is 5.71. The third kappa shape index (κ3) is 2.71. The first kappa shape index (κ1) is 13.4. The van der Waals surface area contributed by atoms with Crippen LogP contribution in [0.5, 0.6) is 5.75 Å². The summed E-state index contributed by atoms with van der Waals surface area (Å²) in [5.41, 5.74) is 3.03. The van der Waals surface area contributed by atoms with Gasteiger partial charge in [0.25, 0.3) is 0 Å². The molecule has 3 nitrogen and oxygen atoms in total. The van der Waals surface area contributed by atoms with Gasteiger partial charge in [-0.2, -0.15) is 0 Å². The number of methoxy groups -OCH3 is 1. The van der Waals surface area contributed by atoms with Gasteiger partial charge in [-0.15, -0.1) is 0 Å². The maximum absolute atomic E-state index is 11.0. The van der Waals surface area contributed by atoms with Crippen LogP contribution in [0.2, 0.25) is 5.02 Å². The third-order valence-corrected chi connectivity index (χ3v) is 3.16. The van der Waals surface area contributed by atoms with E-state index in [-0.39, 0.29) is 5.56 Å². The molecule has 4 heteroatoms. The van der Waals surface area contributed by atoms with Crippen LogP contribution in [0, 0.1) is 6.92 Å². The molecule has 0 amide bonds. The smallest absolute Gasteiger partial charge is 0.335 e. The van der Waals surface area contributed by atoms with Gasteiger partial charge in [-0.05, 0) is 48.4 Å². The summed E-state index contributed by atoms with van der Waals surface area (Å²) in [7, 11) is 1.52. The molecule has 98 valence electrons. The normalized spacial score (nSPS) is 10.3. The van der Waals surface area contributed by atoms with Crippen LogP contribution in [0.25, 0.3) is 11.1 Å². The molecule has 0 aliphatic carbocycles. The van der Waals surface area contributed by atoms with Gasteiger partial charge in [0.1, 0.15) is 5.75 Å². The first-order valence-corrected chi connectivity index (χ1v) is 6.08. The van der Waals surface area contributed by atoms with E-state index in [1.165, 1.54) is 13.2 Å². The fourth-order valence-corrected chi connectivity index (χ4v) is 2.20. The molecule has 0 saturated carbocycles. The minimum absolute atomic E-state index is 0.201. The molecule has 2 aromatic rings. The van der Waals surface area contributed by atoms with Crippen LogP contribution in [0.4, 0.5) is 0 Å². The molecule has 0 aromatic heterocycles. The number of ether oxygens (including phenoxy) is 1. The maximum Gasteiger partial charge on any atom is 0.335 e. The monoisotopic (exact) mass is 276 g/mol. The van der Waals surface area contributed by atoms with Crippen molar-refractivity contribution in [3.8, 4) is 16.9 Å². The maximum atomic E-state index is 11.0. The van der Waals surface area contributed by atoms with E-state index in [0.717, 1.165) is 16.7 Å². The summed E-state index contributed by atoms with van der Waals surface area (Å²) in [6, 6.07) is 10.4. The lowest BCUT2D eigenvalue weighted by Crippen LogP contribution is -1.98. The van der Waals surface area contributed by atoms with Crippen LogP contribution in [-0.2, 0) is 0 Å². The van der Waals surface area contributed by atoms with Crippen LogP contribution in [0.3, 0.4) is 0 Å². The molecule has 0 radical (unpaired) electrons. The molecule has 0 spiro atoms. The first-order chi connectivity index (χ1) is 9.02. The molecule has 0 fully saturated rings. The van der Waals surface area contributed by atoms with Crippen LogP contribution in [0.1, 0.15) is 15.9 Å². The summed E-state index contributed by atoms with van der Waals surface area (Å²) in [5, 5.41) is 9.65. The lowest BCUT2D eigenvalue weighted by atomic mass is 9.98. The zero-order valence-electron chi connectivity index (χ0n) is 10.6. The van der Waals surface area contributed by atoms with Crippen molar-refractivity contribution >= 4 is 17.6 Å². The highest BCUT2D eigenvalue weighted by Crippen LogP contribution is 2.34. The van der Waals surface area contributed by atoms with Gasteiger partial charge >= 0.3 is 5.97 Å². The van der Waals surface area contributed by atoms with Crippen molar-refractivity contribution in [3.63, 3.8) is 0 Å². The average Bonchev–Trinajstić information content (AvgIpc) is 2.38. The highest BCUT2D eigenvalue weighted by molar-refractivity contribution is 6.30. The second-order valence-corrected chi connectivity index (χ2v) is 4.62. The van der Waals surface area contributed by atoms with E-state index in [9.17, 15) is 4.79 Å². The number of carboxylic acids is 1. The molecule has 0 atom stereocenters. The highest BCUT2D eigenvalue weighted by atomic mass is 35.5. The number of carbonyl (C=O) groups is 1. The SMILES string of the molecule is COc1cc(C(=O)O)ccc1-c1ccc(Cl)cc1C. The lowest BCUT2D eigenvalue weighted by Gasteiger charge is -2.12. The highest BCUT2D eigenvalue weighted by Gasteiger charge is 2.12. The minimum atomic E-state index is -0.974. The van der Waals surface area contributed by atoms with Crippen molar-refractivity contribution in [2.45, 2.75) is 6.92 Å². The topological polar surface area (TPSA) is 46.5 Å². The Hall–Kier alpha value is -2.00. The molecule has 0 saturated heterocycles. The van der Waals surface area contributed by atoms with Gasteiger partial charge in [-0.3, -0.25) is 0 Å². The zero-order chi connectivity index (χ0) is 14.0. The predicted octanol–water partition coefficient (Wildman–Crippen LogP) is 4.02. The van der Waals surface area contributed by atoms with Crippen molar-refractivity contribution in [3.05, 3.63) is 52.5 Å². The Bertz CT molecular complexity index is 635. The van der Waals surface area contributed by atoms with Gasteiger partial charge in [0.05, 0.1) is 12.7 Å². The van der Waals surface area contributed by atoms with E-state index in [1.54, 1.807) is 18.2 Å². The fraction of sp³-hybridized carbons (Fsp3) is 0.133. The van der Waals surface area contributed by atoms with Crippen LogP contribution in [0.15, 0.2) is 36.4 Å². The number of halogens is 1. The Morgan fingerprint density at radius 3 is 2.42 bits per heavy atom. The van der Waals surface area contributed by atoms with Gasteiger partial charge in [-0.25, -0.2) is 4.79 Å². The van der Waals surface area contributed by atoms with Gasteiger partial charge in [0, 0.05) is 10.6 Å². The predicted molar refractivity (Wildman–Crippen MR) is 75.1 cm³/mol. The fourth-order valence-electron chi connectivity index (χ4n) is 1.98. The summed E-state index contributed by atoms with van der Waals surface area (Å²) >= 11 is 5.94. The van der Waals surface area contributed by atoms with E-state index >= 15 is 0 Å². The zero-order valence-corrected chi connectivity index (χ0v) is 11.4. The second kappa shape index (κ2) is 5.33. The molecule has 0 heterocycles. The number of rotatable bonds is 3. The molecule has 1 N–H and O–H groups in total. The summed E-state index contributed by atoms with van der Waals surface area (Å²) in [6.07, 6.45) is 0. The van der Waals surface area contributed by atoms with Crippen molar-refractivity contribution in [1.82, 2.24) is 0 Å². The second-order valence-electron chi connectivity index (χ2n) is 4.18. The van der Waals surface area contributed by atoms with Gasteiger partial charge < -0.3 is 9.84 Å². The van der Waals surface area contributed by atoms with E-state index < -0.39 is 5.97 Å². The molecule has 0 bridgehead atoms. The summed E-state index contributed by atoms with van der Waals surface area (Å²) in [5.74, 6) is -0.442. The van der Waals surface area contributed by atoms with Crippen molar-refractivity contribution in [2.75, 3.05) is 7.11 Å². The van der Waals surface area contributed by atoms with Crippen molar-refractivity contribution in [2.24, 2.45) is 0 Å². The molecule has 19 heavy (non-hydrogen) atoms. The lowest BCUT2D eigenvalue weighted by molar-refractivity contribution is 0.0696. The average molecular weight is 277 g/mol. The number of carboxylic acid groups (broad SMARTS) is 1. The van der Waals surface area contributed by atoms with E-state index in [4.69, 9.17) is 21.4 Å². The summed E-state index contributed by atoms with van der Waals surface area (Å²) in [6.45, 7) is 1.95. The molecule has 2 aromatic carbocycles. The molecule has 0 aliphatic heterocycles. The standard InChI is InChI=1S/C15H13ClO3/c1-9-7-11(16)4-6-12(9)13-5-3-10(15(17)18)8-14(13)19-2/h3-8H,1-2H3,(H,17,18). The molecule has 0 aliphatic rings. The Kier molecular flexibility index (Phi) is 3.76. The third-order valence-electron chi connectivity index (χ3n) is 2.93. The van der Waals surface area contributed by atoms with Crippen LogP contribution in [-0.4, -0.2) is 18.2 Å². The largest absolute Gasteiger partial charge is 0.496 e. The Morgan fingerprint density at radius 1 is 1.16 bits per heavy atom. The Labute approximate surface area is 116 Å². The van der Waals surface area contributed by atoms with E-state index in [0.29, 0.717) is 10.8 Å². The number of aryl methyl sites for hydroxylation is 1. The van der Waals surface area contributed by atoms with Crippen LogP contribution >= 0.6 is 11.6 Å². The quantitative estimate of drug-likeness (QED) is 0.921. The van der Waals surface area contributed by atoms with E-state index in [1.807, 2.05) is 19.1 Å². The van der Waals surface area contributed by atoms with Gasteiger partial charge in [0.15, 0.2) is 0 Å². The minimum Gasteiger partial charge on any atom is -0.496 e. The number of hydrogen-bond donors (Lipinski definition) is 1. The molecule has 2 rings (SSSR count). The van der Waals surface area contributed by atoms with Crippen LogP contribution < -0.4 is 4.74 Å². The molecule has 0 unspecified atom stereocenters. The van der Waals surface area contributed by atoms with Crippen molar-refractivity contribution in [1.29, 1.82) is 0 Å². The Morgan fingerprint density at radius 2 is 1.84 bits per heavy atom. The number of aromatic carboxylic acids is 1. The summed E-state index contributed by atoms with van der Waals surface area (Å²) < 4.78 is 5.28. The van der Waals surface area contributed by atoms with Crippen molar-refractivity contribution < 1.29 is 14.6 Å². The number of hydrogen-bond acceptors (Lipinski definition) is 2. The summed E-state index contributed by atoms with van der Waals surface area (Å²) in [4.78, 5) is 11.0. The van der Waals surface area contributed by atoms with Gasteiger partial charge in [0.2, 0.25) is 0 Å².